The number of aromatic nitrogens is 2. The first-order chi connectivity index (χ1) is 6.83. The summed E-state index contributed by atoms with van der Waals surface area (Å²) in [6.07, 6.45) is 1.66. The van der Waals surface area contributed by atoms with E-state index in [0.717, 1.165) is 11.5 Å². The molecule has 0 radical (unpaired) electrons. The van der Waals surface area contributed by atoms with Crippen LogP contribution in [-0.4, -0.2) is 9.36 Å². The molecule has 0 aromatic carbocycles. The van der Waals surface area contributed by atoms with Crippen LogP contribution in [0.2, 0.25) is 0 Å². The van der Waals surface area contributed by atoms with Gasteiger partial charge in [0.2, 0.25) is 0 Å². The molecule has 14 heavy (non-hydrogen) atoms. The molecule has 0 aliphatic rings. The van der Waals surface area contributed by atoms with Crippen LogP contribution in [0, 0.1) is 11.3 Å². The summed E-state index contributed by atoms with van der Waals surface area (Å²) in [6.45, 7) is 0. The zero-order valence-corrected chi connectivity index (χ0v) is 7.95. The summed E-state index contributed by atoms with van der Waals surface area (Å²) in [6, 6.07) is 7.48. The first-order valence-electron chi connectivity index (χ1n) is 3.89. The number of nitriles is 1. The molecule has 0 aliphatic carbocycles. The molecule has 4 nitrogen and oxygen atoms in total. The molecule has 2 aromatic rings. The molecule has 0 aliphatic heterocycles. The minimum absolute atomic E-state index is 0.411. The van der Waals surface area contributed by atoms with E-state index in [1.807, 2.05) is 18.2 Å². The van der Waals surface area contributed by atoms with Crippen molar-refractivity contribution in [3.63, 3.8) is 0 Å². The number of nitrogen functional groups attached to an aromatic ring is 1. The van der Waals surface area contributed by atoms with E-state index >= 15 is 0 Å². The van der Waals surface area contributed by atoms with Gasteiger partial charge in [0, 0.05) is 6.20 Å². The van der Waals surface area contributed by atoms with Crippen LogP contribution >= 0.6 is 11.5 Å². The van der Waals surface area contributed by atoms with Gasteiger partial charge >= 0.3 is 0 Å². The second-order valence-corrected chi connectivity index (χ2v) is 3.40. The lowest BCUT2D eigenvalue weighted by molar-refractivity contribution is 1.30. The fourth-order valence-electron chi connectivity index (χ4n) is 1.09. The van der Waals surface area contributed by atoms with Crippen molar-refractivity contribution in [1.82, 2.24) is 9.36 Å². The van der Waals surface area contributed by atoms with Crippen LogP contribution in [0.1, 0.15) is 5.56 Å². The molecule has 68 valence electrons. The molecule has 0 saturated heterocycles. The van der Waals surface area contributed by atoms with Gasteiger partial charge in [-0.05, 0) is 23.7 Å². The maximum Gasteiger partial charge on any atom is 0.125 e. The molecule has 0 saturated carbocycles. The Kier molecular flexibility index (Phi) is 2.13. The molecule has 0 unspecified atom stereocenters. The predicted molar refractivity (Wildman–Crippen MR) is 54.5 cm³/mol. The predicted octanol–water partition coefficient (Wildman–Crippen LogP) is 1.66. The number of nitrogens with zero attached hydrogens (tertiary/aromatic N) is 3. The summed E-state index contributed by atoms with van der Waals surface area (Å²) >= 11 is 1.12. The van der Waals surface area contributed by atoms with Crippen molar-refractivity contribution in [2.45, 2.75) is 0 Å². The second-order valence-electron chi connectivity index (χ2n) is 2.60. The third-order valence-electron chi connectivity index (χ3n) is 1.74. The lowest BCUT2D eigenvalue weighted by atomic mass is 10.2. The van der Waals surface area contributed by atoms with E-state index in [1.54, 1.807) is 12.3 Å². The van der Waals surface area contributed by atoms with E-state index in [2.05, 4.69) is 9.36 Å². The van der Waals surface area contributed by atoms with Gasteiger partial charge in [-0.15, -0.1) is 0 Å². The number of hydrogen-bond acceptors (Lipinski definition) is 5. The largest absolute Gasteiger partial charge is 0.388 e. The molecule has 0 amide bonds. The van der Waals surface area contributed by atoms with Crippen molar-refractivity contribution >= 4 is 16.5 Å². The van der Waals surface area contributed by atoms with E-state index in [4.69, 9.17) is 11.0 Å². The van der Waals surface area contributed by atoms with Gasteiger partial charge in [-0.2, -0.15) is 9.64 Å². The van der Waals surface area contributed by atoms with Crippen molar-refractivity contribution in [1.29, 1.82) is 5.26 Å². The summed E-state index contributed by atoms with van der Waals surface area (Å²) in [5, 5.41) is 9.30. The molecule has 2 aromatic heterocycles. The number of rotatable bonds is 1. The molecular formula is C9H6N4S. The maximum absolute atomic E-state index is 8.86. The fourth-order valence-corrected chi connectivity index (χ4v) is 1.70. The van der Waals surface area contributed by atoms with Gasteiger partial charge in [0.1, 0.15) is 22.3 Å². The quantitative estimate of drug-likeness (QED) is 0.763. The van der Waals surface area contributed by atoms with Gasteiger partial charge in [0.25, 0.3) is 0 Å². The highest BCUT2D eigenvalue weighted by Crippen LogP contribution is 2.27. The summed E-state index contributed by atoms with van der Waals surface area (Å²) in [5.74, 6) is 0. The Bertz CT molecular complexity index is 483. The van der Waals surface area contributed by atoms with Gasteiger partial charge < -0.3 is 5.73 Å². The number of nitrogens with two attached hydrogens (primary N) is 1. The molecule has 0 fully saturated rings. The van der Waals surface area contributed by atoms with Crippen LogP contribution in [0.3, 0.4) is 0 Å². The van der Waals surface area contributed by atoms with Crippen molar-refractivity contribution in [2.24, 2.45) is 0 Å². The van der Waals surface area contributed by atoms with Crippen LogP contribution in [0.15, 0.2) is 24.4 Å². The van der Waals surface area contributed by atoms with Crippen LogP contribution in [0.5, 0.6) is 0 Å². The average Bonchev–Trinajstić information content (AvgIpc) is 2.61. The van der Waals surface area contributed by atoms with Gasteiger partial charge in [-0.1, -0.05) is 6.07 Å². The lowest BCUT2D eigenvalue weighted by Crippen LogP contribution is -1.87. The van der Waals surface area contributed by atoms with E-state index in [9.17, 15) is 0 Å². The molecular weight excluding hydrogens is 196 g/mol. The highest BCUT2D eigenvalue weighted by atomic mass is 32.1. The molecule has 2 N–H and O–H groups in total. The molecule has 0 bridgehead atoms. The van der Waals surface area contributed by atoms with Crippen LogP contribution in [0.4, 0.5) is 5.00 Å². The van der Waals surface area contributed by atoms with Gasteiger partial charge in [0.15, 0.2) is 0 Å². The minimum atomic E-state index is 0.411. The van der Waals surface area contributed by atoms with E-state index in [-0.39, 0.29) is 0 Å². The monoisotopic (exact) mass is 202 g/mol. The lowest BCUT2D eigenvalue weighted by Gasteiger charge is -1.94. The summed E-state index contributed by atoms with van der Waals surface area (Å²) in [7, 11) is 0. The highest BCUT2D eigenvalue weighted by Gasteiger charge is 2.13. The van der Waals surface area contributed by atoms with Crippen LogP contribution in [-0.2, 0) is 0 Å². The zero-order chi connectivity index (χ0) is 9.97. The molecule has 2 heterocycles. The topological polar surface area (TPSA) is 75.6 Å². The number of anilines is 1. The second kappa shape index (κ2) is 3.44. The Balaban J connectivity index is 2.59. The SMILES string of the molecule is N#Cc1c(-c2ccccn2)nsc1N. The molecule has 2 rings (SSSR count). The minimum Gasteiger partial charge on any atom is -0.388 e. The van der Waals surface area contributed by atoms with Crippen molar-refractivity contribution in [2.75, 3.05) is 5.73 Å². The van der Waals surface area contributed by atoms with Crippen LogP contribution in [0.25, 0.3) is 11.4 Å². The number of hydrogen-bond donors (Lipinski definition) is 1. The van der Waals surface area contributed by atoms with Crippen molar-refractivity contribution in [3.05, 3.63) is 30.0 Å². The van der Waals surface area contributed by atoms with Gasteiger partial charge in [-0.3, -0.25) is 4.98 Å². The standard InChI is InChI=1S/C9H6N4S/c10-5-6-8(13-14-9(6)11)7-3-1-2-4-12-7/h1-4H,11H2. The highest BCUT2D eigenvalue weighted by molar-refractivity contribution is 7.10. The number of pyridine rings is 1. The fraction of sp³-hybridized carbons (Fsp3) is 0. The summed E-state index contributed by atoms with van der Waals surface area (Å²) < 4.78 is 4.09. The van der Waals surface area contributed by atoms with Crippen molar-refractivity contribution < 1.29 is 0 Å². The first kappa shape index (κ1) is 8.66. The molecule has 0 spiro atoms. The van der Waals surface area contributed by atoms with E-state index in [0.29, 0.717) is 22.0 Å². The van der Waals surface area contributed by atoms with Gasteiger partial charge in [0.05, 0.1) is 5.69 Å². The normalized spacial score (nSPS) is 9.64. The van der Waals surface area contributed by atoms with E-state index < -0.39 is 0 Å². The Hall–Kier alpha value is -1.93. The summed E-state index contributed by atoms with van der Waals surface area (Å²) in [4.78, 5) is 4.11. The molecule has 0 atom stereocenters. The Labute approximate surface area is 84.8 Å². The Morgan fingerprint density at radius 3 is 2.93 bits per heavy atom. The van der Waals surface area contributed by atoms with E-state index in [1.165, 1.54) is 0 Å². The first-order valence-corrected chi connectivity index (χ1v) is 4.67. The Morgan fingerprint density at radius 2 is 2.29 bits per heavy atom. The average molecular weight is 202 g/mol. The Morgan fingerprint density at radius 1 is 1.43 bits per heavy atom. The molecule has 5 heteroatoms. The van der Waals surface area contributed by atoms with Crippen LogP contribution < -0.4 is 5.73 Å². The van der Waals surface area contributed by atoms with Crippen molar-refractivity contribution in [3.8, 4) is 17.5 Å². The maximum atomic E-state index is 8.86. The third-order valence-corrected chi connectivity index (χ3v) is 2.41. The summed E-state index contributed by atoms with van der Waals surface area (Å²) in [5.41, 5.74) is 7.25. The van der Waals surface area contributed by atoms with Gasteiger partial charge in [-0.25, -0.2) is 0 Å². The third kappa shape index (κ3) is 1.32. The zero-order valence-electron chi connectivity index (χ0n) is 7.14. The smallest absolute Gasteiger partial charge is 0.125 e.